The molecule has 0 radical (unpaired) electrons. The first-order chi connectivity index (χ1) is 9.55. The van der Waals surface area contributed by atoms with Gasteiger partial charge < -0.3 is 9.84 Å². The molecule has 124 valence electrons. The fourth-order valence-electron chi connectivity index (χ4n) is 3.47. The van der Waals surface area contributed by atoms with Crippen molar-refractivity contribution in [2.24, 2.45) is 16.7 Å². The van der Waals surface area contributed by atoms with Crippen molar-refractivity contribution in [2.45, 2.75) is 92.5 Å². The van der Waals surface area contributed by atoms with E-state index in [9.17, 15) is 5.11 Å². The number of aliphatic hydroxyl groups is 1. The molecule has 0 heterocycles. The Morgan fingerprint density at radius 3 is 2.19 bits per heavy atom. The van der Waals surface area contributed by atoms with Crippen LogP contribution in [-0.4, -0.2) is 17.0 Å². The first-order valence-electron chi connectivity index (χ1n) is 8.55. The third-order valence-electron chi connectivity index (χ3n) is 5.22. The standard InChI is InChI=1S/C19H36O2/c1-8-19(12-10-9-11-13-19)21-16(20)18(7,15(2)3)14-17(4,5)6/h9-10,15-16,20H,8,11-14H2,1-7H3. The summed E-state index contributed by atoms with van der Waals surface area (Å²) < 4.78 is 6.30. The maximum absolute atomic E-state index is 10.9. The van der Waals surface area contributed by atoms with Gasteiger partial charge in [-0.3, -0.25) is 0 Å². The minimum absolute atomic E-state index is 0.176. The predicted octanol–water partition coefficient (Wildman–Crippen LogP) is 5.31. The highest BCUT2D eigenvalue weighted by Gasteiger charge is 2.44. The molecule has 0 aliphatic heterocycles. The quantitative estimate of drug-likeness (QED) is 0.532. The molecule has 0 aromatic heterocycles. The van der Waals surface area contributed by atoms with Crippen LogP contribution < -0.4 is 0 Å². The molecule has 0 bridgehead atoms. The summed E-state index contributed by atoms with van der Waals surface area (Å²) in [6.45, 7) is 15.4. The average Bonchev–Trinajstić information content (AvgIpc) is 2.37. The molecule has 0 aromatic carbocycles. The van der Waals surface area contributed by atoms with Gasteiger partial charge >= 0.3 is 0 Å². The van der Waals surface area contributed by atoms with Gasteiger partial charge in [-0.05, 0) is 43.4 Å². The maximum atomic E-state index is 10.9. The smallest absolute Gasteiger partial charge is 0.160 e. The first kappa shape index (κ1) is 18.7. The number of rotatable bonds is 6. The molecule has 1 N–H and O–H groups in total. The monoisotopic (exact) mass is 296 g/mol. The van der Waals surface area contributed by atoms with Crippen molar-refractivity contribution in [3.8, 4) is 0 Å². The van der Waals surface area contributed by atoms with E-state index >= 15 is 0 Å². The Hall–Kier alpha value is -0.340. The Kier molecular flexibility index (Phi) is 6.08. The van der Waals surface area contributed by atoms with Crippen LogP contribution in [0.4, 0.5) is 0 Å². The van der Waals surface area contributed by atoms with Crippen LogP contribution in [0.25, 0.3) is 0 Å². The van der Waals surface area contributed by atoms with Gasteiger partial charge in [-0.2, -0.15) is 0 Å². The Labute approximate surface area is 132 Å². The van der Waals surface area contributed by atoms with Crippen molar-refractivity contribution < 1.29 is 9.84 Å². The Morgan fingerprint density at radius 2 is 1.81 bits per heavy atom. The lowest BCUT2D eigenvalue weighted by atomic mass is 9.68. The minimum Gasteiger partial charge on any atom is -0.367 e. The van der Waals surface area contributed by atoms with Gasteiger partial charge in [0.1, 0.15) is 0 Å². The summed E-state index contributed by atoms with van der Waals surface area (Å²) in [4.78, 5) is 0. The van der Waals surface area contributed by atoms with Crippen molar-refractivity contribution in [3.05, 3.63) is 12.2 Å². The molecule has 2 heteroatoms. The summed E-state index contributed by atoms with van der Waals surface area (Å²) >= 11 is 0. The molecule has 0 amide bonds. The van der Waals surface area contributed by atoms with E-state index in [1.807, 2.05) is 0 Å². The van der Waals surface area contributed by atoms with Crippen molar-refractivity contribution in [2.75, 3.05) is 0 Å². The van der Waals surface area contributed by atoms with Crippen molar-refractivity contribution in [1.29, 1.82) is 0 Å². The lowest BCUT2D eigenvalue weighted by Gasteiger charge is -2.46. The summed E-state index contributed by atoms with van der Waals surface area (Å²) in [6.07, 6.45) is 8.62. The van der Waals surface area contributed by atoms with Crippen LogP contribution in [0.1, 0.15) is 80.6 Å². The van der Waals surface area contributed by atoms with E-state index in [1.165, 1.54) is 0 Å². The molecule has 0 fully saturated rings. The highest BCUT2D eigenvalue weighted by Crippen LogP contribution is 2.45. The zero-order valence-corrected chi connectivity index (χ0v) is 15.2. The molecule has 2 nitrogen and oxygen atoms in total. The molecule has 1 rings (SSSR count). The van der Waals surface area contributed by atoms with E-state index in [-0.39, 0.29) is 16.4 Å². The second-order valence-electron chi connectivity index (χ2n) is 8.62. The number of hydrogen-bond donors (Lipinski definition) is 1. The third kappa shape index (κ3) is 4.82. The van der Waals surface area contributed by atoms with Crippen molar-refractivity contribution in [1.82, 2.24) is 0 Å². The number of ether oxygens (including phenoxy) is 1. The summed E-state index contributed by atoms with van der Waals surface area (Å²) in [5, 5.41) is 10.9. The van der Waals surface area contributed by atoms with E-state index in [0.717, 1.165) is 32.1 Å². The van der Waals surface area contributed by atoms with E-state index in [0.29, 0.717) is 5.92 Å². The van der Waals surface area contributed by atoms with Gasteiger partial charge in [0.2, 0.25) is 0 Å². The Morgan fingerprint density at radius 1 is 1.19 bits per heavy atom. The molecule has 3 atom stereocenters. The van der Waals surface area contributed by atoms with Gasteiger partial charge in [0.15, 0.2) is 6.29 Å². The van der Waals surface area contributed by atoms with Crippen LogP contribution >= 0.6 is 0 Å². The van der Waals surface area contributed by atoms with Crippen LogP contribution in [0.5, 0.6) is 0 Å². The molecule has 0 aromatic rings. The Bertz CT molecular complexity index is 353. The van der Waals surface area contributed by atoms with E-state index in [4.69, 9.17) is 4.74 Å². The fraction of sp³-hybridized carbons (Fsp3) is 0.895. The zero-order chi connectivity index (χ0) is 16.3. The average molecular weight is 296 g/mol. The highest BCUT2D eigenvalue weighted by atomic mass is 16.6. The van der Waals surface area contributed by atoms with Crippen LogP contribution in [0, 0.1) is 16.7 Å². The largest absolute Gasteiger partial charge is 0.367 e. The normalized spacial score (nSPS) is 27.7. The highest BCUT2D eigenvalue weighted by molar-refractivity contribution is 5.00. The SMILES string of the molecule is CCC1(OC(O)C(C)(CC(C)(C)C)C(C)C)CC=CCC1. The molecule has 0 spiro atoms. The summed E-state index contributed by atoms with van der Waals surface area (Å²) in [6, 6.07) is 0. The van der Waals surface area contributed by atoms with Gasteiger partial charge in [0.25, 0.3) is 0 Å². The summed E-state index contributed by atoms with van der Waals surface area (Å²) in [5.41, 5.74) is -0.223. The number of allylic oxidation sites excluding steroid dienone is 1. The van der Waals surface area contributed by atoms with Gasteiger partial charge in [-0.1, -0.05) is 60.6 Å². The number of hydrogen-bond acceptors (Lipinski definition) is 2. The van der Waals surface area contributed by atoms with E-state index in [2.05, 4.69) is 60.6 Å². The fourth-order valence-corrected chi connectivity index (χ4v) is 3.47. The molecule has 1 aliphatic rings. The summed E-state index contributed by atoms with van der Waals surface area (Å²) in [5.74, 6) is 0.375. The lowest BCUT2D eigenvalue weighted by molar-refractivity contribution is -0.252. The van der Waals surface area contributed by atoms with Crippen LogP contribution in [0.3, 0.4) is 0 Å². The van der Waals surface area contributed by atoms with Crippen LogP contribution in [-0.2, 0) is 4.74 Å². The Balaban J connectivity index is 2.90. The predicted molar refractivity (Wildman–Crippen MR) is 90.1 cm³/mol. The summed E-state index contributed by atoms with van der Waals surface area (Å²) in [7, 11) is 0. The van der Waals surface area contributed by atoms with Crippen LogP contribution in [0.2, 0.25) is 0 Å². The van der Waals surface area contributed by atoms with Crippen LogP contribution in [0.15, 0.2) is 12.2 Å². The molecule has 1 aliphatic carbocycles. The van der Waals surface area contributed by atoms with Gasteiger partial charge in [-0.15, -0.1) is 0 Å². The first-order valence-corrected chi connectivity index (χ1v) is 8.55. The second-order valence-corrected chi connectivity index (χ2v) is 8.62. The molecule has 0 saturated carbocycles. The lowest BCUT2D eigenvalue weighted by Crippen LogP contribution is -2.47. The zero-order valence-electron chi connectivity index (χ0n) is 15.2. The van der Waals surface area contributed by atoms with Gasteiger partial charge in [0.05, 0.1) is 5.60 Å². The van der Waals surface area contributed by atoms with E-state index < -0.39 is 6.29 Å². The topological polar surface area (TPSA) is 29.5 Å². The maximum Gasteiger partial charge on any atom is 0.160 e. The molecular formula is C19H36O2. The minimum atomic E-state index is -0.705. The van der Waals surface area contributed by atoms with Gasteiger partial charge in [-0.25, -0.2) is 0 Å². The second kappa shape index (κ2) is 6.83. The molecule has 21 heavy (non-hydrogen) atoms. The number of aliphatic hydroxyl groups excluding tert-OH is 1. The third-order valence-corrected chi connectivity index (χ3v) is 5.22. The van der Waals surface area contributed by atoms with Gasteiger partial charge in [0, 0.05) is 5.41 Å². The molecule has 0 saturated heterocycles. The molecule has 3 unspecified atom stereocenters. The van der Waals surface area contributed by atoms with Crippen molar-refractivity contribution >= 4 is 0 Å². The van der Waals surface area contributed by atoms with Crippen molar-refractivity contribution in [3.63, 3.8) is 0 Å². The molecular weight excluding hydrogens is 260 g/mol. The van der Waals surface area contributed by atoms with E-state index in [1.54, 1.807) is 0 Å².